The second kappa shape index (κ2) is 9.49. The minimum absolute atomic E-state index is 0.106. The first-order valence-corrected chi connectivity index (χ1v) is 8.22. The Kier molecular flexibility index (Phi) is 7.31. The van der Waals surface area contributed by atoms with Crippen molar-refractivity contribution in [3.05, 3.63) is 11.6 Å². The molecule has 0 aromatic rings. The highest BCUT2D eigenvalue weighted by atomic mass is 16.7. The SMILES string of the molecule is COC(=O)CCCC#CCC1=C[C@H](OC2CCCCO2)CC1=O. The van der Waals surface area contributed by atoms with Gasteiger partial charge in [0.1, 0.15) is 0 Å². The molecule has 23 heavy (non-hydrogen) atoms. The summed E-state index contributed by atoms with van der Waals surface area (Å²) in [6.07, 6.45) is 7.13. The van der Waals surface area contributed by atoms with E-state index in [1.807, 2.05) is 6.08 Å². The molecule has 0 bridgehead atoms. The van der Waals surface area contributed by atoms with Gasteiger partial charge in [0.2, 0.25) is 0 Å². The molecule has 0 radical (unpaired) electrons. The molecule has 0 saturated carbocycles. The average Bonchev–Trinajstić information content (AvgIpc) is 2.91. The van der Waals surface area contributed by atoms with E-state index in [9.17, 15) is 9.59 Å². The Balaban J connectivity index is 1.70. The molecule has 0 aromatic carbocycles. The fraction of sp³-hybridized carbons (Fsp3) is 0.667. The van der Waals surface area contributed by atoms with E-state index in [1.54, 1.807) is 0 Å². The first-order valence-electron chi connectivity index (χ1n) is 8.22. The van der Waals surface area contributed by atoms with Crippen LogP contribution < -0.4 is 0 Å². The van der Waals surface area contributed by atoms with Crippen molar-refractivity contribution >= 4 is 11.8 Å². The van der Waals surface area contributed by atoms with Crippen LogP contribution in [0.2, 0.25) is 0 Å². The van der Waals surface area contributed by atoms with Crippen LogP contribution in [0.15, 0.2) is 11.6 Å². The maximum absolute atomic E-state index is 12.0. The van der Waals surface area contributed by atoms with Crippen molar-refractivity contribution in [2.24, 2.45) is 0 Å². The number of hydrogen-bond acceptors (Lipinski definition) is 5. The predicted molar refractivity (Wildman–Crippen MR) is 84.4 cm³/mol. The van der Waals surface area contributed by atoms with Gasteiger partial charge >= 0.3 is 5.97 Å². The molecule has 2 atom stereocenters. The first-order chi connectivity index (χ1) is 11.2. The maximum atomic E-state index is 12.0. The standard InChI is InChI=1S/C18H24O5/c1-21-17(20)9-5-3-2-4-8-14-12-15(13-16(14)19)23-18-10-6-7-11-22-18/h12,15,18H,3,5-11,13H2,1H3/t15-,18?/m0/s1. The zero-order valence-electron chi connectivity index (χ0n) is 13.6. The zero-order valence-corrected chi connectivity index (χ0v) is 13.6. The highest BCUT2D eigenvalue weighted by Crippen LogP contribution is 2.24. The summed E-state index contributed by atoms with van der Waals surface area (Å²) >= 11 is 0. The molecule has 2 rings (SSSR count). The second-order valence-corrected chi connectivity index (χ2v) is 5.75. The molecule has 126 valence electrons. The monoisotopic (exact) mass is 320 g/mol. The van der Waals surface area contributed by atoms with E-state index in [2.05, 4.69) is 16.6 Å². The van der Waals surface area contributed by atoms with Crippen molar-refractivity contribution in [3.8, 4) is 11.8 Å². The van der Waals surface area contributed by atoms with Crippen LogP contribution in [-0.4, -0.2) is 37.9 Å². The highest BCUT2D eigenvalue weighted by molar-refractivity contribution is 5.98. The van der Waals surface area contributed by atoms with Crippen molar-refractivity contribution in [1.82, 2.24) is 0 Å². The van der Waals surface area contributed by atoms with Crippen molar-refractivity contribution in [3.63, 3.8) is 0 Å². The van der Waals surface area contributed by atoms with Gasteiger partial charge in [-0.3, -0.25) is 9.59 Å². The van der Waals surface area contributed by atoms with Crippen molar-refractivity contribution < 1.29 is 23.8 Å². The Morgan fingerprint density at radius 1 is 1.39 bits per heavy atom. The normalized spacial score (nSPS) is 23.9. The zero-order chi connectivity index (χ0) is 16.5. The van der Waals surface area contributed by atoms with Crippen LogP contribution in [0.5, 0.6) is 0 Å². The number of rotatable bonds is 6. The number of unbranched alkanes of at least 4 members (excludes halogenated alkanes) is 1. The number of hydrogen-bond donors (Lipinski definition) is 0. The Labute approximate surface area is 137 Å². The molecule has 1 saturated heterocycles. The van der Waals surface area contributed by atoms with E-state index in [0.29, 0.717) is 32.1 Å². The predicted octanol–water partition coefficient (Wildman–Crippen LogP) is 2.53. The van der Waals surface area contributed by atoms with Crippen LogP contribution in [0.3, 0.4) is 0 Å². The van der Waals surface area contributed by atoms with Crippen molar-refractivity contribution in [2.75, 3.05) is 13.7 Å². The van der Waals surface area contributed by atoms with E-state index >= 15 is 0 Å². The third-order valence-electron chi connectivity index (χ3n) is 3.91. The fourth-order valence-electron chi connectivity index (χ4n) is 2.62. The van der Waals surface area contributed by atoms with Crippen molar-refractivity contribution in [1.29, 1.82) is 0 Å². The Hall–Kier alpha value is -1.64. The van der Waals surface area contributed by atoms with Crippen LogP contribution >= 0.6 is 0 Å². The molecule has 0 amide bonds. The van der Waals surface area contributed by atoms with Gasteiger partial charge in [-0.05, 0) is 31.8 Å². The van der Waals surface area contributed by atoms with Gasteiger partial charge in [-0.25, -0.2) is 0 Å². The minimum atomic E-state index is -0.217. The molecule has 1 fully saturated rings. The van der Waals surface area contributed by atoms with Crippen LogP contribution in [-0.2, 0) is 23.8 Å². The third kappa shape index (κ3) is 6.17. The summed E-state index contributed by atoms with van der Waals surface area (Å²) < 4.78 is 15.9. The summed E-state index contributed by atoms with van der Waals surface area (Å²) in [4.78, 5) is 22.9. The van der Waals surface area contributed by atoms with Gasteiger partial charge < -0.3 is 14.2 Å². The van der Waals surface area contributed by atoms with Gasteiger partial charge in [0.25, 0.3) is 0 Å². The molecule has 2 aliphatic rings. The Morgan fingerprint density at radius 2 is 2.26 bits per heavy atom. The molecule has 1 heterocycles. The number of ether oxygens (including phenoxy) is 3. The number of ketones is 1. The molecule has 1 aliphatic heterocycles. The lowest BCUT2D eigenvalue weighted by atomic mass is 10.1. The van der Waals surface area contributed by atoms with Crippen LogP contribution in [0.4, 0.5) is 0 Å². The maximum Gasteiger partial charge on any atom is 0.305 e. The molecule has 1 unspecified atom stereocenters. The van der Waals surface area contributed by atoms with Gasteiger partial charge in [-0.1, -0.05) is 5.92 Å². The number of carbonyl (C=O) groups excluding carboxylic acids is 2. The van der Waals surface area contributed by atoms with E-state index in [-0.39, 0.29) is 24.1 Å². The number of carbonyl (C=O) groups is 2. The molecule has 5 nitrogen and oxygen atoms in total. The van der Waals surface area contributed by atoms with Gasteiger partial charge in [0, 0.05) is 37.9 Å². The first kappa shape index (κ1) is 17.7. The average molecular weight is 320 g/mol. The second-order valence-electron chi connectivity index (χ2n) is 5.75. The summed E-state index contributed by atoms with van der Waals surface area (Å²) in [5, 5.41) is 0. The molecule has 0 N–H and O–H groups in total. The summed E-state index contributed by atoms with van der Waals surface area (Å²) in [5.41, 5.74) is 0.728. The van der Waals surface area contributed by atoms with Crippen LogP contribution in [0, 0.1) is 11.8 Å². The molecular weight excluding hydrogens is 296 g/mol. The van der Waals surface area contributed by atoms with Gasteiger partial charge in [0.15, 0.2) is 12.1 Å². The number of esters is 1. The summed E-state index contributed by atoms with van der Waals surface area (Å²) in [6, 6.07) is 0. The lowest BCUT2D eigenvalue weighted by Gasteiger charge is -2.24. The Bertz CT molecular complexity index is 505. The number of allylic oxidation sites excluding steroid dienone is 1. The van der Waals surface area contributed by atoms with Gasteiger partial charge in [0.05, 0.1) is 13.2 Å². The van der Waals surface area contributed by atoms with E-state index in [0.717, 1.165) is 31.4 Å². The lowest BCUT2D eigenvalue weighted by molar-refractivity contribution is -0.178. The van der Waals surface area contributed by atoms with E-state index < -0.39 is 0 Å². The fourth-order valence-corrected chi connectivity index (χ4v) is 2.62. The quantitative estimate of drug-likeness (QED) is 0.427. The minimum Gasteiger partial charge on any atom is -0.469 e. The molecule has 1 aliphatic carbocycles. The molecule has 5 heteroatoms. The van der Waals surface area contributed by atoms with Crippen molar-refractivity contribution in [2.45, 2.75) is 63.8 Å². The summed E-state index contributed by atoms with van der Waals surface area (Å²) in [5.74, 6) is 5.88. The number of methoxy groups -OCH3 is 1. The largest absolute Gasteiger partial charge is 0.469 e. The smallest absolute Gasteiger partial charge is 0.305 e. The Morgan fingerprint density at radius 3 is 3.00 bits per heavy atom. The van der Waals surface area contributed by atoms with Gasteiger partial charge in [-0.2, -0.15) is 0 Å². The van der Waals surface area contributed by atoms with E-state index in [4.69, 9.17) is 9.47 Å². The third-order valence-corrected chi connectivity index (χ3v) is 3.91. The highest BCUT2D eigenvalue weighted by Gasteiger charge is 2.27. The lowest BCUT2D eigenvalue weighted by Crippen LogP contribution is -2.26. The van der Waals surface area contributed by atoms with E-state index in [1.165, 1.54) is 7.11 Å². The summed E-state index contributed by atoms with van der Waals surface area (Å²) in [7, 11) is 1.38. The topological polar surface area (TPSA) is 61.8 Å². The molecule has 0 spiro atoms. The van der Waals surface area contributed by atoms with Gasteiger partial charge in [-0.15, -0.1) is 5.92 Å². The molecular formula is C18H24O5. The van der Waals surface area contributed by atoms with Crippen LogP contribution in [0.25, 0.3) is 0 Å². The summed E-state index contributed by atoms with van der Waals surface area (Å²) in [6.45, 7) is 0.735. The molecule has 0 aromatic heterocycles. The number of Topliss-reactive ketones (excluding diaryl/α,β-unsaturated/α-hetero) is 1. The van der Waals surface area contributed by atoms with Crippen LogP contribution in [0.1, 0.15) is 51.4 Å².